The van der Waals surface area contributed by atoms with Crippen LogP contribution in [0.2, 0.25) is 0 Å². The first-order valence-corrected chi connectivity index (χ1v) is 8.99. The van der Waals surface area contributed by atoms with Gasteiger partial charge in [0.1, 0.15) is 0 Å². The van der Waals surface area contributed by atoms with E-state index in [1.165, 1.54) is 0 Å². The maximum atomic E-state index is 11.3. The predicted molar refractivity (Wildman–Crippen MR) is 109 cm³/mol. The van der Waals surface area contributed by atoms with E-state index < -0.39 is 0 Å². The smallest absolute Gasteiger partial charge is 0.190 e. The van der Waals surface area contributed by atoms with E-state index in [-0.39, 0.29) is 30.5 Å². The second-order valence-corrected chi connectivity index (χ2v) is 7.78. The molecule has 0 aliphatic carbocycles. The molecule has 1 aromatic rings. The average Bonchev–Trinajstić information content (AvgIpc) is 3.48. The van der Waals surface area contributed by atoms with Crippen molar-refractivity contribution in [1.82, 2.24) is 0 Å². The molecule has 0 unspecified atom stereocenters. The Morgan fingerprint density at radius 2 is 1.12 bits per heavy atom. The van der Waals surface area contributed by atoms with Gasteiger partial charge in [0.25, 0.3) is 0 Å². The molecule has 0 bridgehead atoms. The van der Waals surface area contributed by atoms with Gasteiger partial charge in [0, 0.05) is 23.3 Å². The summed E-state index contributed by atoms with van der Waals surface area (Å²) in [6.07, 6.45) is 0. The molecule has 2 heterocycles. The molecule has 5 heteroatoms. The first-order chi connectivity index (χ1) is 11.5. The molecule has 0 aromatic heterocycles. The summed E-state index contributed by atoms with van der Waals surface area (Å²) in [4.78, 5) is 11.3. The van der Waals surface area contributed by atoms with Crippen molar-refractivity contribution in [3.8, 4) is 0 Å². The summed E-state index contributed by atoms with van der Waals surface area (Å²) in [6, 6.07) is 9.38. The van der Waals surface area contributed by atoms with Crippen molar-refractivity contribution in [2.45, 2.75) is 74.1 Å². The van der Waals surface area contributed by atoms with Gasteiger partial charge in [-0.15, -0.1) is 0 Å². The third-order valence-electron chi connectivity index (χ3n) is 4.60. The highest BCUT2D eigenvalue weighted by molar-refractivity contribution is 5.97. The molecule has 0 N–H and O–H groups in total. The van der Waals surface area contributed by atoms with E-state index in [9.17, 15) is 4.79 Å². The molecule has 2 aliphatic rings. The Morgan fingerprint density at radius 1 is 0.769 bits per heavy atom. The van der Waals surface area contributed by atoms with Gasteiger partial charge in [-0.2, -0.15) is 20.5 Å². The van der Waals surface area contributed by atoms with E-state index in [4.69, 9.17) is 0 Å². The van der Waals surface area contributed by atoms with Gasteiger partial charge in [-0.3, -0.25) is 4.79 Å². The topological polar surface area (TPSA) is 66.5 Å². The van der Waals surface area contributed by atoms with Gasteiger partial charge in [0.15, 0.2) is 17.1 Å². The zero-order chi connectivity index (χ0) is 19.3. The predicted octanol–water partition coefficient (Wildman–Crippen LogP) is 6.81. The van der Waals surface area contributed by atoms with Crippen molar-refractivity contribution >= 4 is 5.78 Å². The van der Waals surface area contributed by atoms with Gasteiger partial charge in [-0.25, -0.2) is 0 Å². The number of Topliss-reactive ketones (excluding diaryl/α,β-unsaturated/α-hetero) is 1. The lowest BCUT2D eigenvalue weighted by Gasteiger charge is -2.04. The van der Waals surface area contributed by atoms with Crippen LogP contribution in [0.25, 0.3) is 0 Å². The molecular weight excluding hydrogens is 324 g/mol. The third kappa shape index (κ3) is 7.54. The molecule has 3 rings (SSSR count). The first-order valence-electron chi connectivity index (χ1n) is 8.99. The summed E-state index contributed by atoms with van der Waals surface area (Å²) in [5.41, 5.74) is 0.808. The highest BCUT2D eigenvalue weighted by atomic mass is 16.1. The Bertz CT molecular complexity index is 578. The number of hydrogen-bond acceptors (Lipinski definition) is 5. The fourth-order valence-electron chi connectivity index (χ4n) is 1.56. The van der Waals surface area contributed by atoms with Gasteiger partial charge < -0.3 is 0 Å². The zero-order valence-electron chi connectivity index (χ0n) is 16.8. The summed E-state index contributed by atoms with van der Waals surface area (Å²) < 4.78 is 0. The molecule has 0 saturated heterocycles. The second-order valence-electron chi connectivity index (χ2n) is 7.78. The van der Waals surface area contributed by atoms with E-state index >= 15 is 0 Å². The molecular formula is C21H36N4O. The Kier molecular flexibility index (Phi) is 8.98. The molecule has 0 atom stereocenters. The zero-order valence-corrected chi connectivity index (χ0v) is 16.8. The van der Waals surface area contributed by atoms with Crippen LogP contribution in [0.5, 0.6) is 0 Å². The van der Waals surface area contributed by atoms with E-state index in [0.29, 0.717) is 11.8 Å². The van der Waals surface area contributed by atoms with Crippen molar-refractivity contribution in [2.75, 3.05) is 0 Å². The van der Waals surface area contributed by atoms with Crippen molar-refractivity contribution in [3.05, 3.63) is 35.9 Å². The monoisotopic (exact) mass is 360 g/mol. The fraction of sp³-hybridized carbons (Fsp3) is 0.667. The number of benzene rings is 1. The molecule has 26 heavy (non-hydrogen) atoms. The standard InChI is InChI=1S/C10H12O.2C5H10N2.CH4/c1-8(2)10(11)9-6-4-3-5-7-9;2*1-4(2)5(3)6-7-5;/h3-8H,1-2H3;2*4H,1-3H3;1H4. The van der Waals surface area contributed by atoms with Crippen LogP contribution in [-0.4, -0.2) is 17.1 Å². The van der Waals surface area contributed by atoms with Gasteiger partial charge in [0.05, 0.1) is 0 Å². The number of nitrogens with zero attached hydrogens (tertiary/aromatic N) is 4. The van der Waals surface area contributed by atoms with Crippen LogP contribution in [0.1, 0.15) is 73.2 Å². The summed E-state index contributed by atoms with van der Waals surface area (Å²) >= 11 is 0. The molecule has 0 spiro atoms. The van der Waals surface area contributed by atoms with Crippen LogP contribution in [0.15, 0.2) is 50.8 Å². The number of ketones is 1. The molecule has 0 fully saturated rings. The van der Waals surface area contributed by atoms with Crippen molar-refractivity contribution < 1.29 is 4.79 Å². The highest BCUT2D eigenvalue weighted by Gasteiger charge is 2.37. The molecule has 5 nitrogen and oxygen atoms in total. The van der Waals surface area contributed by atoms with E-state index in [1.807, 2.05) is 58.0 Å². The lowest BCUT2D eigenvalue weighted by Crippen LogP contribution is -2.12. The van der Waals surface area contributed by atoms with Crippen molar-refractivity contribution in [1.29, 1.82) is 0 Å². The summed E-state index contributed by atoms with van der Waals surface area (Å²) in [7, 11) is 0. The van der Waals surface area contributed by atoms with E-state index in [2.05, 4.69) is 48.2 Å². The van der Waals surface area contributed by atoms with Gasteiger partial charge in [-0.1, -0.05) is 79.3 Å². The van der Waals surface area contributed by atoms with Crippen LogP contribution >= 0.6 is 0 Å². The molecule has 2 aliphatic heterocycles. The summed E-state index contributed by atoms with van der Waals surface area (Å²) in [5.74, 6) is 1.46. The quantitative estimate of drug-likeness (QED) is 0.544. The Labute approximate surface area is 159 Å². The molecule has 0 amide bonds. The minimum atomic E-state index is 0. The van der Waals surface area contributed by atoms with Crippen LogP contribution in [-0.2, 0) is 0 Å². The Balaban J connectivity index is 0.000000368. The van der Waals surface area contributed by atoms with E-state index in [1.54, 1.807) is 0 Å². The van der Waals surface area contributed by atoms with Crippen LogP contribution in [0.4, 0.5) is 0 Å². The lowest BCUT2D eigenvalue weighted by molar-refractivity contribution is 0.0939. The van der Waals surface area contributed by atoms with Gasteiger partial charge >= 0.3 is 0 Å². The van der Waals surface area contributed by atoms with Crippen molar-refractivity contribution in [2.24, 2.45) is 38.2 Å². The number of hydrogen-bond donors (Lipinski definition) is 0. The lowest BCUT2D eigenvalue weighted by atomic mass is 10.0. The number of rotatable bonds is 4. The molecule has 0 saturated carbocycles. The summed E-state index contributed by atoms with van der Waals surface area (Å²) in [5, 5.41) is 15.4. The maximum Gasteiger partial charge on any atom is 0.190 e. The minimum absolute atomic E-state index is 0. The summed E-state index contributed by atoms with van der Waals surface area (Å²) in [6.45, 7) is 16.4. The van der Waals surface area contributed by atoms with Crippen LogP contribution < -0.4 is 0 Å². The van der Waals surface area contributed by atoms with Crippen molar-refractivity contribution in [3.63, 3.8) is 0 Å². The Morgan fingerprint density at radius 3 is 1.31 bits per heavy atom. The number of carbonyl (C=O) groups excluding carboxylic acids is 1. The van der Waals surface area contributed by atoms with E-state index in [0.717, 1.165) is 5.56 Å². The second kappa shape index (κ2) is 9.70. The minimum Gasteiger partial charge on any atom is -0.294 e. The van der Waals surface area contributed by atoms with Gasteiger partial charge in [0.2, 0.25) is 0 Å². The SMILES string of the molecule is C.CC(C)C(=O)c1ccccc1.CC(C)C1(C)N=N1.CC(C)C1(C)N=N1. The average molecular weight is 361 g/mol. The largest absolute Gasteiger partial charge is 0.294 e. The van der Waals surface area contributed by atoms with Crippen LogP contribution in [0.3, 0.4) is 0 Å². The highest BCUT2D eigenvalue weighted by Crippen LogP contribution is 2.35. The maximum absolute atomic E-state index is 11.3. The Hall–Kier alpha value is -1.91. The molecule has 146 valence electrons. The number of carbonyl (C=O) groups is 1. The first kappa shape index (κ1) is 24.1. The molecule has 1 aromatic carbocycles. The normalized spacial score (nSPS) is 16.9. The fourth-order valence-corrected chi connectivity index (χ4v) is 1.56. The molecule has 0 radical (unpaired) electrons. The third-order valence-corrected chi connectivity index (χ3v) is 4.60. The van der Waals surface area contributed by atoms with Crippen LogP contribution in [0, 0.1) is 17.8 Å². The van der Waals surface area contributed by atoms with Gasteiger partial charge in [-0.05, 0) is 13.8 Å².